The fourth-order valence-electron chi connectivity index (χ4n) is 2.89. The van der Waals surface area contributed by atoms with Crippen LogP contribution in [-0.2, 0) is 18.7 Å². The zero-order valence-corrected chi connectivity index (χ0v) is 20.7. The Labute approximate surface area is 204 Å². The summed E-state index contributed by atoms with van der Waals surface area (Å²) in [7, 11) is -7.22. The Balaban J connectivity index is 0.000000316. The third-order valence-corrected chi connectivity index (χ3v) is 11.5. The monoisotopic (exact) mass is 526 g/mol. The molecule has 5 nitrogen and oxygen atoms in total. The molecule has 0 saturated heterocycles. The third kappa shape index (κ3) is 6.92. The SMILES string of the molecule is C=C(C)C(=O)OCC(F)(F)S.O=S(=O)(O)S(c1ccccc1)(c1ccccc1)c1ccccc1. The van der Waals surface area contributed by atoms with Crippen LogP contribution in [0.15, 0.2) is 118 Å². The molecule has 1 N–H and O–H groups in total. The Kier molecular flexibility index (Phi) is 9.45. The van der Waals surface area contributed by atoms with Crippen molar-refractivity contribution < 1.29 is 31.3 Å². The maximum absolute atomic E-state index is 12.6. The molecule has 0 aliphatic rings. The van der Waals surface area contributed by atoms with Crippen molar-refractivity contribution in [1.82, 2.24) is 0 Å². The predicted molar refractivity (Wildman–Crippen MR) is 133 cm³/mol. The average molecular weight is 527 g/mol. The quantitative estimate of drug-likeness (QED) is 0.122. The summed E-state index contributed by atoms with van der Waals surface area (Å²) in [5.74, 6) is -0.835. The number of thiol groups is 1. The highest BCUT2D eigenvalue weighted by molar-refractivity contribution is 8.88. The maximum Gasteiger partial charge on any atom is 0.333 e. The number of carbonyl (C=O) groups excluding carboxylic acids is 1. The molecule has 0 amide bonds. The first-order valence-corrected chi connectivity index (χ1v) is 13.8. The second kappa shape index (κ2) is 11.7. The first kappa shape index (κ1) is 27.6. The molecule has 0 aliphatic heterocycles. The molecule has 3 aromatic rings. The van der Waals surface area contributed by atoms with Crippen LogP contribution in [0.4, 0.5) is 8.78 Å². The van der Waals surface area contributed by atoms with E-state index < -0.39 is 36.0 Å². The van der Waals surface area contributed by atoms with Gasteiger partial charge in [0.25, 0.3) is 0 Å². The molecule has 0 heterocycles. The second-order valence-corrected chi connectivity index (χ2v) is 13.7. The molecule has 0 aromatic heterocycles. The van der Waals surface area contributed by atoms with Crippen LogP contribution in [0.25, 0.3) is 0 Å². The molecule has 0 spiro atoms. The van der Waals surface area contributed by atoms with Crippen molar-refractivity contribution in [3.63, 3.8) is 0 Å². The van der Waals surface area contributed by atoms with Crippen LogP contribution in [0.5, 0.6) is 0 Å². The van der Waals surface area contributed by atoms with Gasteiger partial charge in [-0.05, 0) is 52.4 Å². The first-order valence-electron chi connectivity index (χ1n) is 9.78. The van der Waals surface area contributed by atoms with Gasteiger partial charge in [-0.1, -0.05) is 61.2 Å². The van der Waals surface area contributed by atoms with E-state index >= 15 is 0 Å². The van der Waals surface area contributed by atoms with Crippen LogP contribution >= 0.6 is 21.7 Å². The minimum absolute atomic E-state index is 0.0857. The summed E-state index contributed by atoms with van der Waals surface area (Å²) in [6, 6.07) is 26.7. The number of esters is 1. The van der Waals surface area contributed by atoms with Gasteiger partial charge in [0, 0.05) is 20.3 Å². The molecule has 3 aromatic carbocycles. The average Bonchev–Trinajstić information content (AvgIpc) is 2.79. The van der Waals surface area contributed by atoms with E-state index in [2.05, 4.69) is 23.9 Å². The van der Waals surface area contributed by atoms with Gasteiger partial charge in [0.2, 0.25) is 0 Å². The molecule has 182 valence electrons. The van der Waals surface area contributed by atoms with Crippen LogP contribution in [0.1, 0.15) is 6.92 Å². The molecule has 34 heavy (non-hydrogen) atoms. The largest absolute Gasteiger partial charge is 0.455 e. The molecule has 0 radical (unpaired) electrons. The smallest absolute Gasteiger partial charge is 0.333 e. The molecule has 10 heteroatoms. The predicted octanol–water partition coefficient (Wildman–Crippen LogP) is 6.40. The van der Waals surface area contributed by atoms with Crippen LogP contribution in [0.3, 0.4) is 0 Å². The van der Waals surface area contributed by atoms with E-state index in [4.69, 9.17) is 0 Å². The van der Waals surface area contributed by atoms with Crippen LogP contribution in [0, 0.1) is 0 Å². The van der Waals surface area contributed by atoms with Crippen molar-refractivity contribution in [2.75, 3.05) is 6.61 Å². The minimum atomic E-state index is -4.40. The number of carbonyl (C=O) groups is 1. The second-order valence-electron chi connectivity index (χ2n) is 6.95. The van der Waals surface area contributed by atoms with E-state index in [0.29, 0.717) is 14.7 Å². The molecular weight excluding hydrogens is 502 g/mol. The lowest BCUT2D eigenvalue weighted by molar-refractivity contribution is -0.144. The summed E-state index contributed by atoms with van der Waals surface area (Å²) in [6.07, 6.45) is 0. The van der Waals surface area contributed by atoms with E-state index in [1.54, 1.807) is 72.8 Å². The van der Waals surface area contributed by atoms with Gasteiger partial charge in [-0.3, -0.25) is 4.55 Å². The molecule has 0 unspecified atom stereocenters. The summed E-state index contributed by atoms with van der Waals surface area (Å²) in [5.41, 5.74) is 0.0857. The molecule has 3 rings (SSSR count). The van der Waals surface area contributed by atoms with Crippen molar-refractivity contribution in [1.29, 1.82) is 0 Å². The highest BCUT2D eigenvalue weighted by Gasteiger charge is 2.42. The lowest BCUT2D eigenvalue weighted by atomic mass is 10.4. The fourth-order valence-corrected chi connectivity index (χ4v) is 9.31. The Bertz CT molecular complexity index is 1100. The van der Waals surface area contributed by atoms with Gasteiger partial charge >= 0.3 is 20.4 Å². The van der Waals surface area contributed by atoms with E-state index in [0.717, 1.165) is 0 Å². The first-order chi connectivity index (χ1) is 15.9. The number of hydrogen-bond donors (Lipinski definition) is 2. The molecule has 0 aliphatic carbocycles. The van der Waals surface area contributed by atoms with Crippen LogP contribution < -0.4 is 0 Å². The van der Waals surface area contributed by atoms with Crippen molar-refractivity contribution in [2.45, 2.75) is 26.9 Å². The molecule has 0 atom stereocenters. The Morgan fingerprint density at radius 1 is 0.882 bits per heavy atom. The fraction of sp³-hybridized carbons (Fsp3) is 0.125. The number of alkyl halides is 2. The maximum atomic E-state index is 12.6. The van der Waals surface area contributed by atoms with E-state index in [1.165, 1.54) is 6.92 Å². The number of rotatable bonds is 7. The van der Waals surface area contributed by atoms with Crippen molar-refractivity contribution in [3.05, 3.63) is 103 Å². The van der Waals surface area contributed by atoms with Gasteiger partial charge in [-0.25, -0.2) is 4.79 Å². The van der Waals surface area contributed by atoms with E-state index in [-0.39, 0.29) is 5.57 Å². The van der Waals surface area contributed by atoms with Gasteiger partial charge in [0.15, 0.2) is 6.61 Å². The van der Waals surface area contributed by atoms with Gasteiger partial charge in [0.1, 0.15) is 0 Å². The Hall–Kier alpha value is -2.66. The standard InChI is InChI=1S/C18H16O3S2.C6H8F2O2S/c19-23(20,21)22(16-10-4-1-5-11-16,17-12-6-2-7-13-17)18-14-8-3-9-15-18;1-4(2)5(9)10-3-6(7,8)11/h1-15H,(H,19,20,21);11H,1,3H2,2H3. The van der Waals surface area contributed by atoms with E-state index in [9.17, 15) is 26.5 Å². The molecular formula is C24H24F2O5S3. The zero-order valence-electron chi connectivity index (χ0n) is 18.2. The van der Waals surface area contributed by atoms with E-state index in [1.807, 2.05) is 18.2 Å². The van der Waals surface area contributed by atoms with Gasteiger partial charge in [0.05, 0.1) is 0 Å². The summed E-state index contributed by atoms with van der Waals surface area (Å²) < 4.78 is 63.5. The van der Waals surface area contributed by atoms with Crippen LogP contribution in [0.2, 0.25) is 0 Å². The van der Waals surface area contributed by atoms with Gasteiger partial charge in [-0.15, -0.1) is 12.6 Å². The molecule has 0 bridgehead atoms. The summed E-state index contributed by atoms with van der Waals surface area (Å²) >= 11 is 2.86. The van der Waals surface area contributed by atoms with Crippen molar-refractivity contribution >= 4 is 36.8 Å². The van der Waals surface area contributed by atoms with Gasteiger partial charge in [-0.2, -0.15) is 17.2 Å². The Morgan fingerprint density at radius 2 is 1.21 bits per heavy atom. The normalized spacial score (nSPS) is 12.1. The summed E-state index contributed by atoms with van der Waals surface area (Å²) in [4.78, 5) is 12.3. The van der Waals surface area contributed by atoms with Gasteiger partial charge < -0.3 is 4.74 Å². The lowest BCUT2D eigenvalue weighted by Gasteiger charge is -2.37. The summed E-state index contributed by atoms with van der Waals surface area (Å²) in [6.45, 7) is 3.56. The molecule has 0 saturated carbocycles. The molecule has 0 fully saturated rings. The minimum Gasteiger partial charge on any atom is -0.455 e. The zero-order chi connectivity index (χ0) is 25.4. The van der Waals surface area contributed by atoms with Crippen LogP contribution in [-0.4, -0.2) is 30.8 Å². The lowest BCUT2D eigenvalue weighted by Crippen LogP contribution is -2.19. The highest BCUT2D eigenvalue weighted by Crippen LogP contribution is 2.71. The summed E-state index contributed by atoms with van der Waals surface area (Å²) in [5, 5.41) is -3.27. The number of halogens is 2. The van der Waals surface area contributed by atoms with Crippen molar-refractivity contribution in [2.24, 2.45) is 0 Å². The highest BCUT2D eigenvalue weighted by atomic mass is 33.2. The van der Waals surface area contributed by atoms with Crippen molar-refractivity contribution in [3.8, 4) is 0 Å². The topological polar surface area (TPSA) is 80.7 Å². The number of benzene rings is 3. The number of hydrogen-bond acceptors (Lipinski definition) is 5. The Morgan fingerprint density at radius 3 is 1.44 bits per heavy atom. The third-order valence-electron chi connectivity index (χ3n) is 4.27. The number of ether oxygens (including phenoxy) is 1.